The number of hydrogen-bond acceptors (Lipinski definition) is 9. The van der Waals surface area contributed by atoms with E-state index in [0.717, 1.165) is 0 Å². The van der Waals surface area contributed by atoms with Gasteiger partial charge in [0.05, 0.1) is 12.6 Å². The second-order valence-corrected chi connectivity index (χ2v) is 8.22. The lowest BCUT2D eigenvalue weighted by Gasteiger charge is -2.29. The van der Waals surface area contributed by atoms with Gasteiger partial charge >= 0.3 is 5.97 Å². The summed E-state index contributed by atoms with van der Waals surface area (Å²) in [7, 11) is 0. The Bertz CT molecular complexity index is 1040. The fraction of sp³-hybridized carbons (Fsp3) is 0.500. The average Bonchev–Trinajstić information content (AvgIpc) is 3.46. The zero-order valence-electron chi connectivity index (χ0n) is 18.8. The van der Waals surface area contributed by atoms with Crippen LogP contribution in [0.4, 0.5) is 5.82 Å². The highest BCUT2D eigenvalue weighted by Crippen LogP contribution is 2.31. The molecule has 0 aliphatic carbocycles. The molecule has 34 heavy (non-hydrogen) atoms. The number of nitrogens with one attached hydrogen (secondary N) is 3. The molecule has 1 aliphatic heterocycles. The molecule has 182 valence electrons. The first-order valence-corrected chi connectivity index (χ1v) is 10.7. The molecule has 14 nitrogen and oxygen atoms in total. The third-order valence-corrected chi connectivity index (χ3v) is 5.45. The van der Waals surface area contributed by atoms with Crippen molar-refractivity contribution >= 4 is 29.5 Å². The van der Waals surface area contributed by atoms with Crippen LogP contribution in [0.1, 0.15) is 38.1 Å². The number of nitrogens with zero attached hydrogens (tertiary/aromatic N) is 5. The van der Waals surface area contributed by atoms with Crippen LogP contribution in [0.3, 0.4) is 0 Å². The first-order chi connectivity index (χ1) is 16.2. The summed E-state index contributed by atoms with van der Waals surface area (Å²) in [4.78, 5) is 55.9. The molecular weight excluding hydrogens is 446 g/mol. The van der Waals surface area contributed by atoms with E-state index in [-0.39, 0.29) is 43.4 Å². The lowest BCUT2D eigenvalue weighted by molar-refractivity contribution is -0.138. The Balaban J connectivity index is 1.85. The fourth-order valence-corrected chi connectivity index (χ4v) is 3.53. The van der Waals surface area contributed by atoms with Gasteiger partial charge in [-0.1, -0.05) is 25.1 Å². The minimum atomic E-state index is -1.21. The second kappa shape index (κ2) is 10.8. The van der Waals surface area contributed by atoms with Crippen LogP contribution in [0.15, 0.2) is 18.3 Å². The monoisotopic (exact) mass is 473 g/mol. The molecule has 0 fully saturated rings. The van der Waals surface area contributed by atoms with Crippen LogP contribution < -0.4 is 21.3 Å². The fourth-order valence-electron chi connectivity index (χ4n) is 3.53. The Hall–Kier alpha value is -3.94. The van der Waals surface area contributed by atoms with Gasteiger partial charge in [0.25, 0.3) is 5.91 Å². The summed E-state index contributed by atoms with van der Waals surface area (Å²) in [6.45, 7) is 3.49. The molecule has 3 unspecified atom stereocenters. The number of aromatic amines is 1. The molecule has 0 radical (unpaired) electrons. The minimum Gasteiger partial charge on any atom is -0.481 e. The summed E-state index contributed by atoms with van der Waals surface area (Å²) in [5, 5.41) is 27.6. The lowest BCUT2D eigenvalue weighted by Crippen LogP contribution is -2.57. The summed E-state index contributed by atoms with van der Waals surface area (Å²) >= 11 is 0. The number of aliphatic carboxylic acids is 1. The molecule has 3 atom stereocenters. The minimum absolute atomic E-state index is 0.0138. The van der Waals surface area contributed by atoms with Crippen molar-refractivity contribution in [3.63, 3.8) is 0 Å². The Kier molecular flexibility index (Phi) is 7.83. The maximum absolute atomic E-state index is 13.6. The van der Waals surface area contributed by atoms with Gasteiger partial charge in [0, 0.05) is 19.0 Å². The number of fused-ring (bicyclic) bond motifs is 1. The number of carboxylic acid groups (broad SMARTS) is 1. The van der Waals surface area contributed by atoms with E-state index in [0.29, 0.717) is 5.56 Å². The zero-order chi connectivity index (χ0) is 24.8. The van der Waals surface area contributed by atoms with Gasteiger partial charge in [-0.05, 0) is 24.0 Å². The molecule has 3 rings (SSSR count). The van der Waals surface area contributed by atoms with Crippen molar-refractivity contribution < 1.29 is 24.3 Å². The lowest BCUT2D eigenvalue weighted by atomic mass is 10.0. The van der Waals surface area contributed by atoms with Gasteiger partial charge < -0.3 is 21.5 Å². The molecular formula is C20H27N9O5. The van der Waals surface area contributed by atoms with Crippen LogP contribution >= 0.6 is 0 Å². The highest BCUT2D eigenvalue weighted by atomic mass is 16.4. The predicted octanol–water partition coefficient (Wildman–Crippen LogP) is -1.50. The van der Waals surface area contributed by atoms with E-state index in [4.69, 9.17) is 10.8 Å². The van der Waals surface area contributed by atoms with E-state index in [2.05, 4.69) is 36.2 Å². The molecule has 0 saturated heterocycles. The second-order valence-electron chi connectivity index (χ2n) is 8.22. The average molecular weight is 473 g/mol. The van der Waals surface area contributed by atoms with Gasteiger partial charge in [0.1, 0.15) is 17.9 Å². The SMILES string of the molecule is CC(C)C(N)C(=O)NC(CCC(=O)O)C(=O)N1c2ncccc2CC1C(=O)NCc1nn[nH]n1. The molecule has 3 amide bonds. The predicted molar refractivity (Wildman–Crippen MR) is 117 cm³/mol. The standard InChI is InChI=1S/C20H27N9O5/c1-10(2)16(21)19(33)24-12(5-6-15(30)31)20(34)29-13(8-11-4-3-7-22-17(11)29)18(32)23-9-14-25-27-28-26-14/h3-4,7,10,12-13,16H,5-6,8-9,21H2,1-2H3,(H,23,32)(H,24,33)(H,30,31)(H,25,26,27,28). The first-order valence-electron chi connectivity index (χ1n) is 10.7. The normalized spacial score (nSPS) is 16.6. The number of hydrogen-bond donors (Lipinski definition) is 5. The van der Waals surface area contributed by atoms with Crippen LogP contribution in [0.25, 0.3) is 0 Å². The Morgan fingerprint density at radius 2 is 2.09 bits per heavy atom. The quantitative estimate of drug-likeness (QED) is 0.270. The van der Waals surface area contributed by atoms with E-state index >= 15 is 0 Å². The molecule has 1 aliphatic rings. The van der Waals surface area contributed by atoms with Crippen LogP contribution in [0.2, 0.25) is 0 Å². The Morgan fingerprint density at radius 3 is 2.74 bits per heavy atom. The van der Waals surface area contributed by atoms with Gasteiger partial charge in [-0.2, -0.15) is 5.21 Å². The largest absolute Gasteiger partial charge is 0.481 e. The molecule has 0 bridgehead atoms. The molecule has 2 aromatic heterocycles. The number of H-pyrrole nitrogens is 1. The summed E-state index contributed by atoms with van der Waals surface area (Å²) in [5.74, 6) is -2.52. The van der Waals surface area contributed by atoms with Crippen molar-refractivity contribution in [3.8, 4) is 0 Å². The maximum atomic E-state index is 13.6. The smallest absolute Gasteiger partial charge is 0.303 e. The number of pyridine rings is 1. The van der Waals surface area contributed by atoms with Crippen LogP contribution in [0, 0.1) is 5.92 Å². The van der Waals surface area contributed by atoms with E-state index in [9.17, 15) is 19.2 Å². The number of tetrazole rings is 1. The van der Waals surface area contributed by atoms with Crippen LogP contribution in [-0.4, -0.2) is 72.5 Å². The van der Waals surface area contributed by atoms with E-state index in [1.54, 1.807) is 26.0 Å². The van der Waals surface area contributed by atoms with E-state index in [1.807, 2.05) is 0 Å². The molecule has 2 aromatic rings. The van der Waals surface area contributed by atoms with Crippen LogP contribution in [0.5, 0.6) is 0 Å². The molecule has 0 saturated carbocycles. The summed E-state index contributed by atoms with van der Waals surface area (Å²) < 4.78 is 0. The van der Waals surface area contributed by atoms with Gasteiger partial charge in [0.15, 0.2) is 5.82 Å². The maximum Gasteiger partial charge on any atom is 0.303 e. The topological polar surface area (TPSA) is 209 Å². The number of carbonyl (C=O) groups is 4. The molecule has 0 aromatic carbocycles. The van der Waals surface area contributed by atoms with Gasteiger partial charge in [0.2, 0.25) is 11.8 Å². The number of aromatic nitrogens is 5. The van der Waals surface area contributed by atoms with Crippen molar-refractivity contribution in [2.24, 2.45) is 11.7 Å². The summed E-state index contributed by atoms with van der Waals surface area (Å²) in [6.07, 6.45) is 1.13. The first kappa shape index (κ1) is 24.7. The number of amides is 3. The molecule has 3 heterocycles. The number of carboxylic acids is 1. The van der Waals surface area contributed by atoms with Crippen molar-refractivity contribution in [2.75, 3.05) is 4.90 Å². The van der Waals surface area contributed by atoms with Gasteiger partial charge in [-0.15, -0.1) is 10.2 Å². The summed E-state index contributed by atoms with van der Waals surface area (Å²) in [6, 6.07) is 0.362. The number of carbonyl (C=O) groups excluding carboxylic acids is 3. The van der Waals surface area contributed by atoms with Crippen molar-refractivity contribution in [2.45, 2.75) is 57.8 Å². The van der Waals surface area contributed by atoms with E-state index < -0.39 is 41.8 Å². The third-order valence-electron chi connectivity index (χ3n) is 5.45. The van der Waals surface area contributed by atoms with Crippen molar-refractivity contribution in [3.05, 3.63) is 29.7 Å². The zero-order valence-corrected chi connectivity index (χ0v) is 18.8. The summed E-state index contributed by atoms with van der Waals surface area (Å²) in [5.41, 5.74) is 6.57. The van der Waals surface area contributed by atoms with Gasteiger partial charge in [-0.3, -0.25) is 24.1 Å². The number of nitrogens with two attached hydrogens (primary N) is 1. The number of rotatable bonds is 10. The molecule has 14 heteroatoms. The van der Waals surface area contributed by atoms with Crippen molar-refractivity contribution in [1.82, 2.24) is 36.2 Å². The van der Waals surface area contributed by atoms with Crippen molar-refractivity contribution in [1.29, 1.82) is 0 Å². The molecule has 6 N–H and O–H groups in total. The number of anilines is 1. The highest BCUT2D eigenvalue weighted by Gasteiger charge is 2.42. The Labute approximate surface area is 194 Å². The van der Waals surface area contributed by atoms with E-state index in [1.165, 1.54) is 11.1 Å². The van der Waals surface area contributed by atoms with Gasteiger partial charge in [-0.25, -0.2) is 4.98 Å². The molecule has 0 spiro atoms. The van der Waals surface area contributed by atoms with Crippen LogP contribution in [-0.2, 0) is 32.1 Å². The third kappa shape index (κ3) is 5.70. The highest BCUT2D eigenvalue weighted by molar-refractivity contribution is 6.06. The Morgan fingerprint density at radius 1 is 1.32 bits per heavy atom.